The zero-order valence-corrected chi connectivity index (χ0v) is 12.4. The Kier molecular flexibility index (Phi) is 5.23. The number of rotatable bonds is 7. The maximum absolute atomic E-state index is 13.2. The third kappa shape index (κ3) is 4.25. The molecular weight excluding hydrogens is 307 g/mol. The smallest absolute Gasteiger partial charge is 0.311 e. The lowest BCUT2D eigenvalue weighted by molar-refractivity contribution is -0.386. The van der Waals surface area contributed by atoms with Gasteiger partial charge in [0.1, 0.15) is 11.5 Å². The molecular formula is C14H15FN4O4. The molecule has 0 fully saturated rings. The summed E-state index contributed by atoms with van der Waals surface area (Å²) in [5.74, 6) is -1.17. The predicted molar refractivity (Wildman–Crippen MR) is 78.5 cm³/mol. The minimum absolute atomic E-state index is 0.189. The van der Waals surface area contributed by atoms with E-state index in [-0.39, 0.29) is 29.8 Å². The highest BCUT2D eigenvalue weighted by Gasteiger charge is 2.16. The molecule has 0 aliphatic rings. The molecule has 23 heavy (non-hydrogen) atoms. The third-order valence-electron chi connectivity index (χ3n) is 2.88. The number of nitrogens with zero attached hydrogens (tertiary/aromatic N) is 3. The van der Waals surface area contributed by atoms with Crippen LogP contribution in [-0.2, 0) is 6.73 Å². The Morgan fingerprint density at radius 1 is 1.48 bits per heavy atom. The number of hydrogen-bond acceptors (Lipinski definition) is 5. The Balaban J connectivity index is 2.04. The van der Waals surface area contributed by atoms with E-state index in [1.54, 1.807) is 0 Å². The zero-order valence-electron chi connectivity index (χ0n) is 12.4. The number of carbonyl (C=O) groups excluding carboxylic acids is 1. The minimum atomic E-state index is -0.665. The van der Waals surface area contributed by atoms with Gasteiger partial charge in [0.25, 0.3) is 5.91 Å². The van der Waals surface area contributed by atoms with Gasteiger partial charge >= 0.3 is 5.69 Å². The molecule has 0 unspecified atom stereocenters. The second kappa shape index (κ2) is 7.34. The molecule has 0 spiro atoms. The van der Waals surface area contributed by atoms with Crippen LogP contribution in [-0.4, -0.2) is 27.2 Å². The summed E-state index contributed by atoms with van der Waals surface area (Å²) >= 11 is 0. The van der Waals surface area contributed by atoms with E-state index in [0.717, 1.165) is 24.6 Å². The fraction of sp³-hybridized carbons (Fsp3) is 0.286. The van der Waals surface area contributed by atoms with Crippen LogP contribution in [0.25, 0.3) is 0 Å². The van der Waals surface area contributed by atoms with Crippen LogP contribution in [0.3, 0.4) is 0 Å². The first kappa shape index (κ1) is 16.4. The molecule has 9 heteroatoms. The van der Waals surface area contributed by atoms with Crippen molar-refractivity contribution in [3.8, 4) is 5.75 Å². The molecule has 1 N–H and O–H groups in total. The topological polar surface area (TPSA) is 99.3 Å². The van der Waals surface area contributed by atoms with Gasteiger partial charge in [-0.1, -0.05) is 6.92 Å². The molecule has 0 bridgehead atoms. The van der Waals surface area contributed by atoms with Gasteiger partial charge in [-0.2, -0.15) is 5.10 Å². The lowest BCUT2D eigenvalue weighted by Gasteiger charge is -2.07. The van der Waals surface area contributed by atoms with Crippen LogP contribution in [0.4, 0.5) is 10.1 Å². The first-order chi connectivity index (χ1) is 11.0. The Bertz CT molecular complexity index is 717. The molecule has 2 aromatic rings. The van der Waals surface area contributed by atoms with E-state index in [9.17, 15) is 19.3 Å². The van der Waals surface area contributed by atoms with E-state index in [0.29, 0.717) is 6.54 Å². The highest BCUT2D eigenvalue weighted by molar-refractivity contribution is 5.92. The van der Waals surface area contributed by atoms with Gasteiger partial charge in [0.05, 0.1) is 4.92 Å². The maximum atomic E-state index is 13.2. The quantitative estimate of drug-likeness (QED) is 0.621. The molecule has 0 atom stereocenters. The number of hydrogen-bond donors (Lipinski definition) is 1. The van der Waals surface area contributed by atoms with Crippen molar-refractivity contribution in [1.82, 2.24) is 15.1 Å². The van der Waals surface area contributed by atoms with Crippen LogP contribution in [0.5, 0.6) is 5.75 Å². The van der Waals surface area contributed by atoms with Crippen molar-refractivity contribution in [3.05, 3.63) is 52.1 Å². The Morgan fingerprint density at radius 3 is 2.96 bits per heavy atom. The number of aromatic nitrogens is 2. The predicted octanol–water partition coefficient (Wildman–Crippen LogP) is 2.11. The number of nitro benzene ring substituents is 1. The van der Waals surface area contributed by atoms with E-state index in [1.165, 1.54) is 16.9 Å². The monoisotopic (exact) mass is 322 g/mol. The second-order valence-corrected chi connectivity index (χ2v) is 4.64. The van der Waals surface area contributed by atoms with Gasteiger partial charge in [0.2, 0.25) is 5.75 Å². The Morgan fingerprint density at radius 2 is 2.26 bits per heavy atom. The average molecular weight is 322 g/mol. The summed E-state index contributed by atoms with van der Waals surface area (Å²) in [6.45, 7) is 2.28. The van der Waals surface area contributed by atoms with Crippen molar-refractivity contribution in [3.63, 3.8) is 0 Å². The maximum Gasteiger partial charge on any atom is 0.311 e. The van der Waals surface area contributed by atoms with Crippen molar-refractivity contribution in [2.75, 3.05) is 6.54 Å². The Hall–Kier alpha value is -2.97. The van der Waals surface area contributed by atoms with Crippen LogP contribution >= 0.6 is 0 Å². The van der Waals surface area contributed by atoms with Gasteiger partial charge in [-0.05, 0) is 18.6 Å². The second-order valence-electron chi connectivity index (χ2n) is 4.64. The molecule has 1 heterocycles. The Labute approximate surface area is 131 Å². The van der Waals surface area contributed by atoms with E-state index >= 15 is 0 Å². The van der Waals surface area contributed by atoms with Crippen LogP contribution in [0, 0.1) is 15.9 Å². The number of halogens is 1. The molecule has 8 nitrogen and oxygen atoms in total. The molecule has 2 rings (SSSR count). The summed E-state index contributed by atoms with van der Waals surface area (Å²) < 4.78 is 19.7. The van der Waals surface area contributed by atoms with Gasteiger partial charge in [0, 0.05) is 24.9 Å². The number of nitrogens with one attached hydrogen (secondary N) is 1. The number of ether oxygens (including phenoxy) is 1. The normalized spacial score (nSPS) is 10.3. The summed E-state index contributed by atoms with van der Waals surface area (Å²) in [7, 11) is 0. The van der Waals surface area contributed by atoms with Crippen LogP contribution < -0.4 is 10.1 Å². The molecule has 1 aromatic heterocycles. The zero-order chi connectivity index (χ0) is 16.8. The molecule has 0 saturated carbocycles. The first-order valence-electron chi connectivity index (χ1n) is 6.89. The fourth-order valence-electron chi connectivity index (χ4n) is 1.77. The van der Waals surface area contributed by atoms with Crippen molar-refractivity contribution in [1.29, 1.82) is 0 Å². The first-order valence-corrected chi connectivity index (χ1v) is 6.89. The van der Waals surface area contributed by atoms with Crippen LogP contribution in [0.1, 0.15) is 23.8 Å². The summed E-state index contributed by atoms with van der Waals surface area (Å²) in [4.78, 5) is 21.9. The summed E-state index contributed by atoms with van der Waals surface area (Å²) in [5.41, 5.74) is -0.143. The van der Waals surface area contributed by atoms with Crippen molar-refractivity contribution >= 4 is 11.6 Å². The summed E-state index contributed by atoms with van der Waals surface area (Å²) in [5, 5.41) is 17.5. The van der Waals surface area contributed by atoms with E-state index in [4.69, 9.17) is 4.74 Å². The highest BCUT2D eigenvalue weighted by atomic mass is 19.1. The lowest BCUT2D eigenvalue weighted by Crippen LogP contribution is -2.24. The summed E-state index contributed by atoms with van der Waals surface area (Å²) in [6.07, 6.45) is 2.30. The van der Waals surface area contributed by atoms with Crippen molar-refractivity contribution < 1.29 is 18.8 Å². The van der Waals surface area contributed by atoms with Gasteiger partial charge in [-0.25, -0.2) is 9.07 Å². The van der Waals surface area contributed by atoms with E-state index in [1.807, 2.05) is 6.92 Å². The molecule has 0 saturated heterocycles. The minimum Gasteiger partial charge on any atom is -0.464 e. The number of nitro groups is 1. The lowest BCUT2D eigenvalue weighted by atomic mass is 10.3. The molecule has 0 radical (unpaired) electrons. The number of carbonyl (C=O) groups is 1. The van der Waals surface area contributed by atoms with Crippen molar-refractivity contribution in [2.45, 2.75) is 20.1 Å². The highest BCUT2D eigenvalue weighted by Crippen LogP contribution is 2.27. The van der Waals surface area contributed by atoms with Gasteiger partial charge in [0.15, 0.2) is 6.73 Å². The summed E-state index contributed by atoms with van der Waals surface area (Å²) in [6, 6.07) is 4.43. The molecule has 122 valence electrons. The standard InChI is InChI=1S/C14H15FN4O4/c1-2-6-16-14(20)11-5-7-18(17-11)9-23-13-8-10(15)3-4-12(13)19(21)22/h3-5,7-8H,2,6,9H2,1H3,(H,16,20). The van der Waals surface area contributed by atoms with Gasteiger partial charge < -0.3 is 10.1 Å². The van der Waals surface area contributed by atoms with Gasteiger partial charge in [-0.15, -0.1) is 0 Å². The van der Waals surface area contributed by atoms with Gasteiger partial charge in [-0.3, -0.25) is 14.9 Å². The molecule has 1 amide bonds. The average Bonchev–Trinajstić information content (AvgIpc) is 2.99. The molecule has 0 aliphatic carbocycles. The van der Waals surface area contributed by atoms with Crippen molar-refractivity contribution in [2.24, 2.45) is 0 Å². The fourth-order valence-corrected chi connectivity index (χ4v) is 1.77. The third-order valence-corrected chi connectivity index (χ3v) is 2.88. The SMILES string of the molecule is CCCNC(=O)c1ccn(COc2cc(F)ccc2[N+](=O)[O-])n1. The number of benzene rings is 1. The van der Waals surface area contributed by atoms with E-state index < -0.39 is 10.7 Å². The molecule has 0 aliphatic heterocycles. The van der Waals surface area contributed by atoms with E-state index in [2.05, 4.69) is 10.4 Å². The molecule has 1 aromatic carbocycles. The van der Waals surface area contributed by atoms with Crippen LogP contribution in [0.15, 0.2) is 30.5 Å². The van der Waals surface area contributed by atoms with Crippen LogP contribution in [0.2, 0.25) is 0 Å². The largest absolute Gasteiger partial charge is 0.464 e. The number of amides is 1.